The van der Waals surface area contributed by atoms with Gasteiger partial charge in [0.05, 0.1) is 18.5 Å². The lowest BCUT2D eigenvalue weighted by Crippen LogP contribution is -2.32. The van der Waals surface area contributed by atoms with Gasteiger partial charge in [-0.25, -0.2) is 5.43 Å². The van der Waals surface area contributed by atoms with Gasteiger partial charge >= 0.3 is 0 Å². The number of methoxy groups -OCH3 is 1. The van der Waals surface area contributed by atoms with E-state index in [9.17, 15) is 4.79 Å². The van der Waals surface area contributed by atoms with Crippen LogP contribution < -0.4 is 15.5 Å². The molecule has 1 amide bonds. The highest BCUT2D eigenvalue weighted by atomic mass is 16.5. The lowest BCUT2D eigenvalue weighted by Gasteiger charge is -2.25. The van der Waals surface area contributed by atoms with Gasteiger partial charge in [0.2, 0.25) is 5.91 Å². The van der Waals surface area contributed by atoms with Crippen LogP contribution in [0.25, 0.3) is 0 Å². The van der Waals surface area contributed by atoms with E-state index in [0.717, 1.165) is 47.5 Å². The summed E-state index contributed by atoms with van der Waals surface area (Å²) in [5.41, 5.74) is 6.75. The van der Waals surface area contributed by atoms with Crippen molar-refractivity contribution in [3.63, 3.8) is 0 Å². The van der Waals surface area contributed by atoms with Crippen molar-refractivity contribution in [3.05, 3.63) is 23.3 Å². The molecule has 0 fully saturated rings. The summed E-state index contributed by atoms with van der Waals surface area (Å²) in [6.45, 7) is 8.53. The lowest BCUT2D eigenvalue weighted by molar-refractivity contribution is -0.121. The Morgan fingerprint density at radius 1 is 1.42 bits per heavy atom. The fourth-order valence-corrected chi connectivity index (χ4v) is 3.22. The van der Waals surface area contributed by atoms with E-state index in [4.69, 9.17) is 4.74 Å². The maximum absolute atomic E-state index is 11.5. The zero-order valence-electron chi connectivity index (χ0n) is 15.4. The molecule has 1 aromatic rings. The predicted octanol–water partition coefficient (Wildman–Crippen LogP) is 3.85. The second-order valence-corrected chi connectivity index (χ2v) is 6.49. The van der Waals surface area contributed by atoms with Crippen LogP contribution in [0.5, 0.6) is 5.75 Å². The van der Waals surface area contributed by atoms with E-state index in [1.54, 1.807) is 7.11 Å². The highest BCUT2D eigenvalue weighted by molar-refractivity contribution is 6.07. The molecule has 2 N–H and O–H groups in total. The highest BCUT2D eigenvalue weighted by Crippen LogP contribution is 2.34. The van der Waals surface area contributed by atoms with Crippen molar-refractivity contribution in [1.82, 2.24) is 5.43 Å². The number of rotatable bonds is 7. The number of hydrazone groups is 1. The molecule has 0 bridgehead atoms. The number of nitrogens with one attached hydrogen (secondary N) is 2. The predicted molar refractivity (Wildman–Crippen MR) is 98.8 cm³/mol. The summed E-state index contributed by atoms with van der Waals surface area (Å²) in [5, 5.41) is 7.96. The van der Waals surface area contributed by atoms with Crippen molar-refractivity contribution >= 4 is 17.3 Å². The van der Waals surface area contributed by atoms with Crippen LogP contribution in [0, 0.1) is 12.8 Å². The molecular formula is C19H29N3O2. The van der Waals surface area contributed by atoms with E-state index in [1.165, 1.54) is 0 Å². The van der Waals surface area contributed by atoms with Gasteiger partial charge in [-0.3, -0.25) is 4.79 Å². The van der Waals surface area contributed by atoms with Crippen LogP contribution in [0.15, 0.2) is 17.2 Å². The summed E-state index contributed by atoms with van der Waals surface area (Å²) in [7, 11) is 1.70. The lowest BCUT2D eigenvalue weighted by atomic mass is 9.90. The van der Waals surface area contributed by atoms with Gasteiger partial charge in [-0.1, -0.05) is 27.2 Å². The number of nitrogens with zero attached hydrogens (tertiary/aromatic N) is 1. The van der Waals surface area contributed by atoms with Gasteiger partial charge in [-0.05, 0) is 37.5 Å². The molecule has 132 valence electrons. The van der Waals surface area contributed by atoms with E-state index >= 15 is 0 Å². The van der Waals surface area contributed by atoms with Gasteiger partial charge in [0.25, 0.3) is 0 Å². The number of ether oxygens (including phenoxy) is 1. The Bertz CT molecular complexity index is 625. The topological polar surface area (TPSA) is 62.7 Å². The molecule has 1 heterocycles. The summed E-state index contributed by atoms with van der Waals surface area (Å²) in [4.78, 5) is 11.5. The normalized spacial score (nSPS) is 18.6. The molecule has 24 heavy (non-hydrogen) atoms. The summed E-state index contributed by atoms with van der Waals surface area (Å²) in [6.07, 6.45) is 3.80. The molecule has 0 aromatic heterocycles. The number of hydrogen-bond donors (Lipinski definition) is 2. The summed E-state index contributed by atoms with van der Waals surface area (Å²) in [6, 6.07) is 4.44. The number of amides is 1. The van der Waals surface area contributed by atoms with Crippen molar-refractivity contribution in [3.8, 4) is 5.75 Å². The van der Waals surface area contributed by atoms with Crippen LogP contribution in [-0.2, 0) is 4.79 Å². The van der Waals surface area contributed by atoms with Crippen LogP contribution in [-0.4, -0.2) is 24.8 Å². The molecule has 1 aliphatic heterocycles. The van der Waals surface area contributed by atoms with Gasteiger partial charge in [0, 0.05) is 23.9 Å². The molecule has 0 radical (unpaired) electrons. The van der Waals surface area contributed by atoms with Crippen molar-refractivity contribution < 1.29 is 9.53 Å². The number of carbonyl (C=O) groups is 1. The standard InChI is InChI=1S/C19H29N3O2/c1-6-8-14(7-2)20-19-13(4)15(9-10-16(19)24-5)18-12(3)11-17(23)21-22-18/h9-10,12,14,20H,6-8,11H2,1-5H3,(H,21,23). The fraction of sp³-hybridized carbons (Fsp3) is 0.579. The zero-order chi connectivity index (χ0) is 17.7. The van der Waals surface area contributed by atoms with Crippen LogP contribution in [0.3, 0.4) is 0 Å². The van der Waals surface area contributed by atoms with Crippen molar-refractivity contribution in [2.45, 2.75) is 59.4 Å². The Balaban J connectivity index is 2.41. The first kappa shape index (κ1) is 18.3. The van der Waals surface area contributed by atoms with E-state index in [2.05, 4.69) is 36.6 Å². The third-order valence-corrected chi connectivity index (χ3v) is 4.66. The molecular weight excluding hydrogens is 302 g/mol. The van der Waals surface area contributed by atoms with Crippen molar-refractivity contribution in [2.24, 2.45) is 11.0 Å². The van der Waals surface area contributed by atoms with Crippen molar-refractivity contribution in [2.75, 3.05) is 12.4 Å². The van der Waals surface area contributed by atoms with Gasteiger partial charge < -0.3 is 10.1 Å². The van der Waals surface area contributed by atoms with Crippen LogP contribution in [0.4, 0.5) is 5.69 Å². The maximum atomic E-state index is 11.5. The Hall–Kier alpha value is -2.04. The quantitative estimate of drug-likeness (QED) is 0.797. The van der Waals surface area contributed by atoms with Gasteiger partial charge in [0.15, 0.2) is 0 Å². The average molecular weight is 331 g/mol. The van der Waals surface area contributed by atoms with Crippen LogP contribution in [0.2, 0.25) is 0 Å². The highest BCUT2D eigenvalue weighted by Gasteiger charge is 2.24. The molecule has 2 atom stereocenters. The molecule has 0 saturated carbocycles. The first-order valence-corrected chi connectivity index (χ1v) is 8.82. The third kappa shape index (κ3) is 3.89. The van der Waals surface area contributed by atoms with Crippen LogP contribution >= 0.6 is 0 Å². The number of carbonyl (C=O) groups excluding carboxylic acids is 1. The molecule has 5 nitrogen and oxygen atoms in total. The van der Waals surface area contributed by atoms with Crippen LogP contribution in [0.1, 0.15) is 57.6 Å². The molecule has 1 aromatic carbocycles. The Morgan fingerprint density at radius 3 is 2.75 bits per heavy atom. The molecule has 0 aliphatic carbocycles. The number of anilines is 1. The maximum Gasteiger partial charge on any atom is 0.240 e. The monoisotopic (exact) mass is 331 g/mol. The largest absolute Gasteiger partial charge is 0.495 e. The molecule has 2 rings (SSSR count). The minimum absolute atomic E-state index is 0.0234. The molecule has 2 unspecified atom stereocenters. The van der Waals surface area contributed by atoms with E-state index in [-0.39, 0.29) is 11.8 Å². The van der Waals surface area contributed by atoms with Gasteiger partial charge in [-0.2, -0.15) is 5.10 Å². The molecule has 0 spiro atoms. The molecule has 0 saturated heterocycles. The summed E-state index contributed by atoms with van der Waals surface area (Å²) in [5.74, 6) is 0.931. The SMILES string of the molecule is CCCC(CC)Nc1c(OC)ccc(C2=NNC(=O)CC2C)c1C. The zero-order valence-corrected chi connectivity index (χ0v) is 15.4. The van der Waals surface area contributed by atoms with E-state index in [1.807, 2.05) is 19.1 Å². The number of benzene rings is 1. The smallest absolute Gasteiger partial charge is 0.240 e. The summed E-state index contributed by atoms with van der Waals surface area (Å²) >= 11 is 0. The number of hydrogen-bond acceptors (Lipinski definition) is 4. The van der Waals surface area contributed by atoms with Crippen molar-refractivity contribution in [1.29, 1.82) is 0 Å². The molecule has 5 heteroatoms. The second-order valence-electron chi connectivity index (χ2n) is 6.49. The Kier molecular flexibility index (Phi) is 6.23. The Labute approximate surface area is 144 Å². The van der Waals surface area contributed by atoms with E-state index in [0.29, 0.717) is 12.5 Å². The minimum Gasteiger partial charge on any atom is -0.495 e. The second kappa shape index (κ2) is 8.18. The first-order chi connectivity index (χ1) is 11.5. The van der Waals surface area contributed by atoms with Gasteiger partial charge in [-0.15, -0.1) is 0 Å². The minimum atomic E-state index is -0.0234. The first-order valence-electron chi connectivity index (χ1n) is 8.82. The average Bonchev–Trinajstić information content (AvgIpc) is 2.56. The summed E-state index contributed by atoms with van der Waals surface area (Å²) < 4.78 is 5.56. The fourth-order valence-electron chi connectivity index (χ4n) is 3.22. The van der Waals surface area contributed by atoms with Gasteiger partial charge in [0.1, 0.15) is 5.75 Å². The third-order valence-electron chi connectivity index (χ3n) is 4.66. The Morgan fingerprint density at radius 2 is 2.17 bits per heavy atom. The molecule has 1 aliphatic rings. The van der Waals surface area contributed by atoms with E-state index < -0.39 is 0 Å².